The highest BCUT2D eigenvalue weighted by molar-refractivity contribution is 6.39. The van der Waals surface area contributed by atoms with Crippen LogP contribution < -0.4 is 15.5 Å². The summed E-state index contributed by atoms with van der Waals surface area (Å²) in [6.45, 7) is 3.37. The molecule has 0 heterocycles. The molecule has 0 unspecified atom stereocenters. The minimum Gasteiger partial charge on any atom is -0.423 e. The molecular formula is C25H20F3N3O4. The van der Waals surface area contributed by atoms with Crippen molar-refractivity contribution in [1.29, 1.82) is 0 Å². The van der Waals surface area contributed by atoms with Gasteiger partial charge in [-0.3, -0.25) is 9.59 Å². The Morgan fingerprint density at radius 1 is 0.886 bits per heavy atom. The normalized spacial score (nSPS) is 11.5. The molecule has 0 spiro atoms. The van der Waals surface area contributed by atoms with Gasteiger partial charge in [-0.1, -0.05) is 24.3 Å². The molecule has 0 aliphatic heterocycles. The number of aryl methyl sites for hydroxylation is 1. The lowest BCUT2D eigenvalue weighted by Gasteiger charge is -2.09. The molecule has 7 nitrogen and oxygen atoms in total. The standard InChI is InChI=1S/C25H20F3N3O4/c1-15-6-3-4-9-21(15)24(34)35-20-12-10-17(11-13-20)16(2)30-31-23(33)22(32)29-19-8-5-7-18(14-19)25(26,27)28/h3-14H,1-2H3,(H,29,32)(H,31,33)/b30-16+. The van der Waals surface area contributed by atoms with Crippen molar-refractivity contribution in [3.8, 4) is 5.75 Å². The van der Waals surface area contributed by atoms with Crippen LogP contribution >= 0.6 is 0 Å². The highest BCUT2D eigenvalue weighted by atomic mass is 19.4. The zero-order valence-corrected chi connectivity index (χ0v) is 18.6. The third-order valence-corrected chi connectivity index (χ3v) is 4.83. The molecule has 3 aromatic carbocycles. The lowest BCUT2D eigenvalue weighted by atomic mass is 10.1. The number of carbonyl (C=O) groups is 3. The second kappa shape index (κ2) is 10.6. The van der Waals surface area contributed by atoms with Crippen LogP contribution in [0.3, 0.4) is 0 Å². The molecule has 0 atom stereocenters. The number of rotatable bonds is 5. The number of hydrogen-bond donors (Lipinski definition) is 2. The predicted molar refractivity (Wildman–Crippen MR) is 123 cm³/mol. The van der Waals surface area contributed by atoms with E-state index in [2.05, 4.69) is 10.4 Å². The van der Waals surface area contributed by atoms with Crippen molar-refractivity contribution in [2.45, 2.75) is 20.0 Å². The van der Waals surface area contributed by atoms with Gasteiger partial charge in [0, 0.05) is 5.69 Å². The summed E-state index contributed by atoms with van der Waals surface area (Å²) in [5.74, 6) is -2.54. The van der Waals surface area contributed by atoms with E-state index in [9.17, 15) is 27.6 Å². The Bertz CT molecular complexity index is 1290. The van der Waals surface area contributed by atoms with Gasteiger partial charge in [0.15, 0.2) is 0 Å². The summed E-state index contributed by atoms with van der Waals surface area (Å²) in [7, 11) is 0. The molecule has 10 heteroatoms. The van der Waals surface area contributed by atoms with E-state index in [1.807, 2.05) is 11.5 Å². The molecule has 0 aliphatic rings. The van der Waals surface area contributed by atoms with Crippen molar-refractivity contribution in [1.82, 2.24) is 5.43 Å². The van der Waals surface area contributed by atoms with Crippen LogP contribution in [0.25, 0.3) is 0 Å². The third-order valence-electron chi connectivity index (χ3n) is 4.83. The SMILES string of the molecule is C/C(=N\NC(=O)C(=O)Nc1cccc(C(F)(F)F)c1)c1ccc(OC(=O)c2ccccc2C)cc1. The van der Waals surface area contributed by atoms with Crippen molar-refractivity contribution >= 4 is 29.2 Å². The lowest BCUT2D eigenvalue weighted by molar-refractivity contribution is -0.137. The summed E-state index contributed by atoms with van der Waals surface area (Å²) in [6, 6.07) is 17.2. The Morgan fingerprint density at radius 3 is 2.23 bits per heavy atom. The van der Waals surface area contributed by atoms with E-state index in [1.54, 1.807) is 56.3 Å². The first-order valence-corrected chi connectivity index (χ1v) is 10.3. The Morgan fingerprint density at radius 2 is 1.57 bits per heavy atom. The molecule has 0 bridgehead atoms. The van der Waals surface area contributed by atoms with Crippen molar-refractivity contribution in [3.05, 3.63) is 95.1 Å². The van der Waals surface area contributed by atoms with Crippen LogP contribution in [0.5, 0.6) is 5.75 Å². The van der Waals surface area contributed by atoms with Crippen molar-refractivity contribution in [3.63, 3.8) is 0 Å². The van der Waals surface area contributed by atoms with Crippen LogP contribution in [0, 0.1) is 6.92 Å². The quantitative estimate of drug-likeness (QED) is 0.181. The fraction of sp³-hybridized carbons (Fsp3) is 0.120. The molecule has 0 saturated carbocycles. The highest BCUT2D eigenvalue weighted by Gasteiger charge is 2.30. The number of nitrogens with zero attached hydrogens (tertiary/aromatic N) is 1. The second-order valence-electron chi connectivity index (χ2n) is 7.40. The van der Waals surface area contributed by atoms with Gasteiger partial charge in [-0.2, -0.15) is 18.3 Å². The number of hydrazone groups is 1. The van der Waals surface area contributed by atoms with Gasteiger partial charge in [-0.05, 0) is 73.5 Å². The third kappa shape index (κ3) is 6.76. The zero-order chi connectivity index (χ0) is 25.6. The summed E-state index contributed by atoms with van der Waals surface area (Å²) in [4.78, 5) is 36.3. The Labute approximate surface area is 198 Å². The number of halogens is 3. The minimum absolute atomic E-state index is 0.184. The van der Waals surface area contributed by atoms with E-state index < -0.39 is 29.5 Å². The molecule has 180 valence electrons. The number of nitrogens with one attached hydrogen (secondary N) is 2. The number of benzene rings is 3. The predicted octanol–water partition coefficient (Wildman–Crippen LogP) is 4.71. The van der Waals surface area contributed by atoms with Crippen LogP contribution in [-0.2, 0) is 15.8 Å². The van der Waals surface area contributed by atoms with Gasteiger partial charge in [0.1, 0.15) is 5.75 Å². The average molecular weight is 483 g/mol. The second-order valence-corrected chi connectivity index (χ2v) is 7.40. The summed E-state index contributed by atoms with van der Waals surface area (Å²) in [6.07, 6.45) is -4.58. The van der Waals surface area contributed by atoms with E-state index in [1.165, 1.54) is 6.07 Å². The molecule has 2 amide bonds. The number of carbonyl (C=O) groups excluding carboxylic acids is 3. The van der Waals surface area contributed by atoms with Gasteiger partial charge in [-0.25, -0.2) is 10.2 Å². The smallest absolute Gasteiger partial charge is 0.416 e. The van der Waals surface area contributed by atoms with E-state index in [-0.39, 0.29) is 5.69 Å². The number of hydrogen-bond acceptors (Lipinski definition) is 5. The molecule has 0 fully saturated rings. The highest BCUT2D eigenvalue weighted by Crippen LogP contribution is 2.30. The first kappa shape index (κ1) is 25.2. The molecule has 3 aromatic rings. The van der Waals surface area contributed by atoms with Gasteiger partial charge < -0.3 is 10.1 Å². The molecule has 0 radical (unpaired) electrons. The first-order valence-electron chi connectivity index (χ1n) is 10.3. The van der Waals surface area contributed by atoms with Crippen molar-refractivity contribution in [2.75, 3.05) is 5.32 Å². The molecule has 3 rings (SSSR count). The summed E-state index contributed by atoms with van der Waals surface area (Å²) < 4.78 is 43.7. The Balaban J connectivity index is 1.58. The van der Waals surface area contributed by atoms with Crippen LogP contribution in [0.15, 0.2) is 77.9 Å². The van der Waals surface area contributed by atoms with E-state index in [0.29, 0.717) is 28.7 Å². The Hall–Kier alpha value is -4.47. The van der Waals surface area contributed by atoms with Gasteiger partial charge >= 0.3 is 24.0 Å². The number of alkyl halides is 3. The minimum atomic E-state index is -4.58. The largest absolute Gasteiger partial charge is 0.423 e. The van der Waals surface area contributed by atoms with Crippen molar-refractivity contribution < 1.29 is 32.3 Å². The number of amides is 2. The maximum atomic E-state index is 12.8. The number of ether oxygens (including phenoxy) is 1. The maximum absolute atomic E-state index is 12.8. The van der Waals surface area contributed by atoms with Gasteiger partial charge in [0.2, 0.25) is 0 Å². The van der Waals surface area contributed by atoms with E-state index in [4.69, 9.17) is 4.74 Å². The molecule has 2 N–H and O–H groups in total. The number of esters is 1. The van der Waals surface area contributed by atoms with Crippen molar-refractivity contribution in [2.24, 2.45) is 5.10 Å². The first-order chi connectivity index (χ1) is 16.5. The molecular weight excluding hydrogens is 463 g/mol. The summed E-state index contributed by atoms with van der Waals surface area (Å²) in [5, 5.41) is 5.92. The fourth-order valence-corrected chi connectivity index (χ4v) is 2.94. The topological polar surface area (TPSA) is 96.9 Å². The maximum Gasteiger partial charge on any atom is 0.416 e. The molecule has 0 saturated heterocycles. The van der Waals surface area contributed by atoms with Crippen LogP contribution in [-0.4, -0.2) is 23.5 Å². The molecule has 35 heavy (non-hydrogen) atoms. The molecule has 0 aliphatic carbocycles. The fourth-order valence-electron chi connectivity index (χ4n) is 2.94. The van der Waals surface area contributed by atoms with Crippen LogP contribution in [0.2, 0.25) is 0 Å². The lowest BCUT2D eigenvalue weighted by Crippen LogP contribution is -2.33. The van der Waals surface area contributed by atoms with Crippen LogP contribution in [0.1, 0.15) is 34.0 Å². The average Bonchev–Trinajstić information content (AvgIpc) is 2.82. The number of anilines is 1. The van der Waals surface area contributed by atoms with Gasteiger partial charge in [0.05, 0.1) is 16.8 Å². The summed E-state index contributed by atoms with van der Waals surface area (Å²) in [5.41, 5.74) is 3.04. The van der Waals surface area contributed by atoms with E-state index >= 15 is 0 Å². The zero-order valence-electron chi connectivity index (χ0n) is 18.6. The van der Waals surface area contributed by atoms with E-state index in [0.717, 1.165) is 17.7 Å². The summed E-state index contributed by atoms with van der Waals surface area (Å²) >= 11 is 0. The molecule has 0 aromatic heterocycles. The van der Waals surface area contributed by atoms with Crippen LogP contribution in [0.4, 0.5) is 18.9 Å². The van der Waals surface area contributed by atoms with Gasteiger partial charge in [0.25, 0.3) is 0 Å². The Kier molecular flexibility index (Phi) is 7.65. The van der Waals surface area contributed by atoms with Gasteiger partial charge in [-0.15, -0.1) is 0 Å². The monoisotopic (exact) mass is 483 g/mol.